The number of hydrogen-bond donors (Lipinski definition) is 1. The summed E-state index contributed by atoms with van der Waals surface area (Å²) in [4.78, 5) is 22.0. The van der Waals surface area contributed by atoms with E-state index in [0.717, 1.165) is 25.4 Å². The van der Waals surface area contributed by atoms with Gasteiger partial charge in [-0.1, -0.05) is 223 Å². The number of carbonyl (C=O) groups is 2. The van der Waals surface area contributed by atoms with Gasteiger partial charge in [-0.3, -0.25) is 9.59 Å². The van der Waals surface area contributed by atoms with Crippen LogP contribution in [-0.4, -0.2) is 51.1 Å². The van der Waals surface area contributed by atoms with Gasteiger partial charge in [0.05, 0.1) is 24.5 Å². The van der Waals surface area contributed by atoms with E-state index in [4.69, 9.17) is 9.84 Å². The average molecular weight is 817 g/mol. The first-order valence-electron chi connectivity index (χ1n) is 23.3. The summed E-state index contributed by atoms with van der Waals surface area (Å²) >= 11 is 0. The van der Waals surface area contributed by atoms with E-state index in [2.05, 4.69) is 85.6 Å². The summed E-state index contributed by atoms with van der Waals surface area (Å²) in [6.45, 7) is 38.5. The molecular formula is C51H108O6. The average Bonchev–Trinajstić information content (AvgIpc) is 3.24. The van der Waals surface area contributed by atoms with Crippen LogP contribution in [-0.2, 0) is 23.8 Å². The normalized spacial score (nSPS) is 9.51. The molecule has 0 saturated carbocycles. The van der Waals surface area contributed by atoms with Crippen molar-refractivity contribution in [2.75, 3.05) is 34.0 Å². The minimum atomic E-state index is -0.421. The van der Waals surface area contributed by atoms with Crippen LogP contribution in [0.2, 0.25) is 0 Å². The standard InChI is InChI=1S/C8H16O3.C7H14O2.C7H16.C6H6.C6H14.2C5H12.C4H10.C3H8O/c1-4-8(2,3)7(10)11-6-5-9;1-5-7(2,3)6(8)9-4;1-3-5-7-6-4-2;1-2-4-6-5-3-1;1-3-5-6-4-2;1-4-5(2)3;1-3-5-4-2;2*1-3-4-2/h9H,4-6H2,1-3H3;5H2,1-4H3;3-7H2,1-2H3;1-6H;3-6H2,1-2H3;5H,4H2,1-3H3;3-5H2,1-2H3;3-4H2,1-2H3;3H2,1-2H3. The van der Waals surface area contributed by atoms with Gasteiger partial charge >= 0.3 is 11.9 Å². The molecular weight excluding hydrogens is 709 g/mol. The highest BCUT2D eigenvalue weighted by Crippen LogP contribution is 2.21. The Kier molecular flexibility index (Phi) is 84.0. The zero-order valence-electron chi connectivity index (χ0n) is 42.7. The van der Waals surface area contributed by atoms with Crippen LogP contribution in [0.15, 0.2) is 36.4 Å². The van der Waals surface area contributed by atoms with Crippen molar-refractivity contribution in [3.8, 4) is 0 Å². The lowest BCUT2D eigenvalue weighted by Gasteiger charge is -2.19. The molecule has 0 bridgehead atoms. The van der Waals surface area contributed by atoms with Gasteiger partial charge in [0.1, 0.15) is 6.61 Å². The second-order valence-corrected chi connectivity index (χ2v) is 15.5. The molecule has 0 fully saturated rings. The van der Waals surface area contributed by atoms with Gasteiger partial charge in [0.2, 0.25) is 0 Å². The summed E-state index contributed by atoms with van der Waals surface area (Å²) in [5.41, 5.74) is -0.732. The highest BCUT2D eigenvalue weighted by Gasteiger charge is 2.26. The summed E-state index contributed by atoms with van der Waals surface area (Å²) < 4.78 is 13.9. The van der Waals surface area contributed by atoms with E-state index in [9.17, 15) is 9.59 Å². The van der Waals surface area contributed by atoms with Gasteiger partial charge in [0, 0.05) is 13.7 Å². The van der Waals surface area contributed by atoms with Crippen LogP contribution in [0.4, 0.5) is 0 Å². The lowest BCUT2D eigenvalue weighted by Crippen LogP contribution is -2.26. The highest BCUT2D eigenvalue weighted by molar-refractivity contribution is 5.76. The van der Waals surface area contributed by atoms with E-state index >= 15 is 0 Å². The zero-order chi connectivity index (χ0) is 46.2. The van der Waals surface area contributed by atoms with Crippen LogP contribution < -0.4 is 0 Å². The van der Waals surface area contributed by atoms with Crippen LogP contribution in [0.3, 0.4) is 0 Å². The summed E-state index contributed by atoms with van der Waals surface area (Å²) in [6, 6.07) is 12.0. The number of methoxy groups -OCH3 is 2. The number of unbranched alkanes of at least 4 members (excludes halogenated alkanes) is 10. The van der Waals surface area contributed by atoms with Crippen LogP contribution in [0.25, 0.3) is 0 Å². The van der Waals surface area contributed by atoms with Crippen LogP contribution in [0.5, 0.6) is 0 Å². The Morgan fingerprint density at radius 2 is 0.789 bits per heavy atom. The SMILES string of the molecule is CCC(C)(C)C(=O)OC.CCC(C)(C)C(=O)OCCO.CCC(C)C.CCCC.CCCCC.CCCCCC.CCCCCCC.CCOC.c1ccccc1. The molecule has 1 aromatic rings. The summed E-state index contributed by atoms with van der Waals surface area (Å²) in [7, 11) is 3.10. The summed E-state index contributed by atoms with van der Waals surface area (Å²) in [6.07, 6.45) is 22.1. The van der Waals surface area contributed by atoms with E-state index in [0.29, 0.717) is 0 Å². The molecule has 0 saturated heterocycles. The van der Waals surface area contributed by atoms with Crippen molar-refractivity contribution in [1.82, 2.24) is 0 Å². The van der Waals surface area contributed by atoms with E-state index in [1.54, 1.807) is 7.11 Å². The topological polar surface area (TPSA) is 82.1 Å². The molecule has 0 aliphatic carbocycles. The molecule has 348 valence electrons. The van der Waals surface area contributed by atoms with Crippen molar-refractivity contribution < 1.29 is 28.9 Å². The van der Waals surface area contributed by atoms with Crippen molar-refractivity contribution in [3.05, 3.63) is 36.4 Å². The third-order valence-electron chi connectivity index (χ3n) is 8.53. The van der Waals surface area contributed by atoms with Crippen LogP contribution in [0.1, 0.15) is 234 Å². The number of hydrogen-bond acceptors (Lipinski definition) is 6. The molecule has 0 aromatic heterocycles. The molecule has 0 radical (unpaired) electrons. The Labute approximate surface area is 360 Å². The second-order valence-electron chi connectivity index (χ2n) is 15.5. The fourth-order valence-corrected chi connectivity index (χ4v) is 2.81. The molecule has 6 heteroatoms. The maximum Gasteiger partial charge on any atom is 0.311 e. The van der Waals surface area contributed by atoms with E-state index in [1.165, 1.54) is 103 Å². The first kappa shape index (κ1) is 72.7. The smallest absolute Gasteiger partial charge is 0.311 e. The largest absolute Gasteiger partial charge is 0.469 e. The molecule has 1 rings (SSSR count). The molecule has 0 aliphatic heterocycles. The lowest BCUT2D eigenvalue weighted by molar-refractivity contribution is -0.155. The number of esters is 2. The number of ether oxygens (including phenoxy) is 3. The maximum absolute atomic E-state index is 11.1. The highest BCUT2D eigenvalue weighted by atomic mass is 16.5. The van der Waals surface area contributed by atoms with Crippen molar-refractivity contribution in [1.29, 1.82) is 0 Å². The van der Waals surface area contributed by atoms with Crippen molar-refractivity contribution >= 4 is 11.9 Å². The number of benzene rings is 1. The minimum Gasteiger partial charge on any atom is -0.469 e. The molecule has 1 aromatic carbocycles. The number of aliphatic hydroxyl groups excluding tert-OH is 1. The summed E-state index contributed by atoms with van der Waals surface area (Å²) in [5, 5.41) is 8.38. The van der Waals surface area contributed by atoms with Gasteiger partial charge in [0.25, 0.3) is 0 Å². The third kappa shape index (κ3) is 86.9. The first-order chi connectivity index (χ1) is 26.9. The third-order valence-corrected chi connectivity index (χ3v) is 8.53. The lowest BCUT2D eigenvalue weighted by atomic mass is 9.91. The molecule has 0 amide bonds. The zero-order valence-corrected chi connectivity index (χ0v) is 42.7. The maximum atomic E-state index is 11.1. The van der Waals surface area contributed by atoms with Crippen molar-refractivity contribution in [2.45, 2.75) is 234 Å². The van der Waals surface area contributed by atoms with Gasteiger partial charge in [0.15, 0.2) is 0 Å². The molecule has 0 atom stereocenters. The van der Waals surface area contributed by atoms with Gasteiger partial charge in [-0.2, -0.15) is 0 Å². The number of rotatable bonds is 18. The Bertz CT molecular complexity index is 732. The van der Waals surface area contributed by atoms with Gasteiger partial charge in [-0.15, -0.1) is 0 Å². The molecule has 0 unspecified atom stereocenters. The molecule has 6 nitrogen and oxygen atoms in total. The fourth-order valence-electron chi connectivity index (χ4n) is 2.81. The minimum absolute atomic E-state index is 0.0995. The predicted octanol–water partition coefficient (Wildman–Crippen LogP) is 16.5. The molecule has 0 spiro atoms. The molecule has 0 heterocycles. The Morgan fingerprint density at radius 1 is 0.509 bits per heavy atom. The number of aliphatic hydroxyl groups is 1. The molecule has 1 N–H and O–H groups in total. The van der Waals surface area contributed by atoms with Gasteiger partial charge in [-0.05, 0) is 53.4 Å². The fraction of sp³-hybridized carbons (Fsp3) is 0.843. The Balaban J connectivity index is -0.0000000806. The quantitative estimate of drug-likeness (QED) is 0.117. The Hall–Kier alpha value is -1.92. The van der Waals surface area contributed by atoms with Gasteiger partial charge < -0.3 is 19.3 Å². The van der Waals surface area contributed by atoms with Gasteiger partial charge in [-0.25, -0.2) is 0 Å². The predicted molar refractivity (Wildman–Crippen MR) is 257 cm³/mol. The van der Waals surface area contributed by atoms with Crippen molar-refractivity contribution in [2.24, 2.45) is 16.7 Å². The second kappa shape index (κ2) is 65.9. The number of carbonyl (C=O) groups excluding carboxylic acids is 2. The van der Waals surface area contributed by atoms with E-state index in [1.807, 2.05) is 84.9 Å². The molecule has 57 heavy (non-hydrogen) atoms. The van der Waals surface area contributed by atoms with Crippen LogP contribution >= 0.6 is 0 Å². The first-order valence-corrected chi connectivity index (χ1v) is 23.3. The van der Waals surface area contributed by atoms with Crippen molar-refractivity contribution in [3.63, 3.8) is 0 Å². The van der Waals surface area contributed by atoms with Crippen LogP contribution in [0, 0.1) is 16.7 Å². The van der Waals surface area contributed by atoms with E-state index in [-0.39, 0.29) is 30.6 Å². The Morgan fingerprint density at radius 3 is 0.947 bits per heavy atom. The van der Waals surface area contributed by atoms with E-state index < -0.39 is 5.41 Å². The summed E-state index contributed by atoms with van der Waals surface area (Å²) in [5.74, 6) is 0.508. The monoisotopic (exact) mass is 817 g/mol. The molecule has 0 aliphatic rings.